The molecule has 0 saturated carbocycles. The summed E-state index contributed by atoms with van der Waals surface area (Å²) >= 11 is 2.24. The van der Waals surface area contributed by atoms with E-state index in [9.17, 15) is 4.79 Å². The molecular weight excluding hydrogens is 441 g/mol. The van der Waals surface area contributed by atoms with Crippen LogP contribution in [-0.2, 0) is 33.0 Å². The second-order valence-corrected chi connectivity index (χ2v) is 7.84. The number of halogens is 1. The van der Waals surface area contributed by atoms with Crippen LogP contribution < -0.4 is 0 Å². The molecule has 0 fully saturated rings. The number of fused-ring (bicyclic) bond motifs is 1. The normalized spacial score (nSPS) is 13.0. The van der Waals surface area contributed by atoms with Gasteiger partial charge in [0.1, 0.15) is 5.76 Å². The topological polar surface area (TPSA) is 51.3 Å². The number of hydrogen-bond acceptors (Lipinski definition) is 3. The highest BCUT2D eigenvalue weighted by molar-refractivity contribution is 14.1. The zero-order valence-electron chi connectivity index (χ0n) is 14.6. The maximum atomic E-state index is 13.1. The van der Waals surface area contributed by atoms with Crippen LogP contribution in [0.3, 0.4) is 0 Å². The minimum atomic E-state index is -0.00444. The summed E-state index contributed by atoms with van der Waals surface area (Å²) in [4.78, 5) is 15.0. The van der Waals surface area contributed by atoms with Crippen LogP contribution in [0.2, 0.25) is 0 Å². The Hall–Kier alpha value is -2.09. The molecular formula is C20H20IN3O2. The Balaban J connectivity index is 1.63. The summed E-state index contributed by atoms with van der Waals surface area (Å²) in [5.74, 6) is 0.770. The Bertz CT molecular complexity index is 913. The van der Waals surface area contributed by atoms with Crippen molar-refractivity contribution in [3.8, 4) is 0 Å². The number of carbonyl (C=O) groups is 1. The first-order valence-corrected chi connectivity index (χ1v) is 9.80. The smallest absolute Gasteiger partial charge is 0.254 e. The van der Waals surface area contributed by atoms with Gasteiger partial charge in [-0.1, -0.05) is 0 Å². The van der Waals surface area contributed by atoms with Gasteiger partial charge in [0, 0.05) is 21.9 Å². The van der Waals surface area contributed by atoms with Crippen molar-refractivity contribution in [1.82, 2.24) is 14.7 Å². The molecule has 1 aliphatic rings. The van der Waals surface area contributed by atoms with E-state index in [1.54, 1.807) is 6.26 Å². The number of nitrogens with zero attached hydrogens (tertiary/aromatic N) is 3. The molecule has 3 aromatic rings. The lowest BCUT2D eigenvalue weighted by Gasteiger charge is -2.21. The molecule has 0 spiro atoms. The quantitative estimate of drug-likeness (QED) is 0.541. The largest absolute Gasteiger partial charge is 0.467 e. The van der Waals surface area contributed by atoms with E-state index in [4.69, 9.17) is 4.42 Å². The van der Waals surface area contributed by atoms with E-state index in [0.717, 1.165) is 34.3 Å². The van der Waals surface area contributed by atoms with Gasteiger partial charge in [-0.3, -0.25) is 9.48 Å². The third-order valence-corrected chi connectivity index (χ3v) is 5.56. The first-order chi connectivity index (χ1) is 12.6. The molecule has 134 valence electrons. The van der Waals surface area contributed by atoms with Gasteiger partial charge in [-0.05, 0) is 83.8 Å². The van der Waals surface area contributed by atoms with E-state index in [2.05, 4.69) is 27.7 Å². The van der Waals surface area contributed by atoms with Gasteiger partial charge in [-0.25, -0.2) is 0 Å². The molecule has 1 amide bonds. The van der Waals surface area contributed by atoms with Crippen molar-refractivity contribution >= 4 is 28.5 Å². The molecule has 0 unspecified atom stereocenters. The van der Waals surface area contributed by atoms with Crippen molar-refractivity contribution in [2.45, 2.75) is 32.4 Å². The fraction of sp³-hybridized carbons (Fsp3) is 0.300. The number of amides is 1. The molecule has 4 rings (SSSR count). The standard InChI is InChI=1S/C20H20IN3O2/c1-23-19-6-2-5-17(19)18(22-23)13-24(12-16-4-3-11-26-16)20(25)14-7-9-15(21)10-8-14/h3-4,7-11H,2,5-6,12-13H2,1H3. The SMILES string of the molecule is Cn1nc(CN(Cc2ccco2)C(=O)c2ccc(I)cc2)c2c1CCC2. The maximum absolute atomic E-state index is 13.1. The molecule has 0 atom stereocenters. The second-order valence-electron chi connectivity index (χ2n) is 6.60. The summed E-state index contributed by atoms with van der Waals surface area (Å²) in [5, 5.41) is 4.68. The van der Waals surface area contributed by atoms with Gasteiger partial charge in [-0.15, -0.1) is 0 Å². The van der Waals surface area contributed by atoms with Gasteiger partial charge in [0.25, 0.3) is 5.91 Å². The number of carbonyl (C=O) groups excluding carboxylic acids is 1. The van der Waals surface area contributed by atoms with Crippen LogP contribution >= 0.6 is 22.6 Å². The van der Waals surface area contributed by atoms with E-state index in [1.807, 2.05) is 53.0 Å². The first kappa shape index (κ1) is 17.3. The fourth-order valence-corrected chi connectivity index (χ4v) is 3.93. The van der Waals surface area contributed by atoms with Crippen molar-refractivity contribution < 1.29 is 9.21 Å². The average molecular weight is 461 g/mol. The second kappa shape index (κ2) is 7.26. The molecule has 2 heterocycles. The number of hydrogen-bond donors (Lipinski definition) is 0. The lowest BCUT2D eigenvalue weighted by Crippen LogP contribution is -2.30. The molecule has 0 aliphatic heterocycles. The Morgan fingerprint density at radius 2 is 2.04 bits per heavy atom. The molecule has 0 radical (unpaired) electrons. The van der Waals surface area contributed by atoms with Gasteiger partial charge < -0.3 is 9.32 Å². The summed E-state index contributed by atoms with van der Waals surface area (Å²) in [7, 11) is 1.99. The third-order valence-electron chi connectivity index (χ3n) is 4.84. The maximum Gasteiger partial charge on any atom is 0.254 e. The van der Waals surface area contributed by atoms with Crippen molar-refractivity contribution in [2.24, 2.45) is 7.05 Å². The van der Waals surface area contributed by atoms with E-state index >= 15 is 0 Å². The molecule has 0 N–H and O–H groups in total. The lowest BCUT2D eigenvalue weighted by atomic mass is 10.1. The van der Waals surface area contributed by atoms with Crippen molar-refractivity contribution in [2.75, 3.05) is 0 Å². The highest BCUT2D eigenvalue weighted by Crippen LogP contribution is 2.26. The Morgan fingerprint density at radius 3 is 2.77 bits per heavy atom. The van der Waals surface area contributed by atoms with Crippen LogP contribution in [0.1, 0.15) is 39.5 Å². The number of aryl methyl sites for hydroxylation is 1. The van der Waals surface area contributed by atoms with Crippen molar-refractivity contribution in [1.29, 1.82) is 0 Å². The number of benzene rings is 1. The first-order valence-electron chi connectivity index (χ1n) is 8.72. The van der Waals surface area contributed by atoms with Crippen LogP contribution in [0.15, 0.2) is 47.1 Å². The molecule has 1 aromatic carbocycles. The highest BCUT2D eigenvalue weighted by Gasteiger charge is 2.25. The minimum absolute atomic E-state index is 0.00444. The predicted octanol–water partition coefficient (Wildman–Crippen LogP) is 3.95. The van der Waals surface area contributed by atoms with Crippen LogP contribution in [0.4, 0.5) is 0 Å². The van der Waals surface area contributed by atoms with Gasteiger partial charge in [0.2, 0.25) is 0 Å². The summed E-state index contributed by atoms with van der Waals surface area (Å²) in [6.45, 7) is 0.928. The highest BCUT2D eigenvalue weighted by atomic mass is 127. The molecule has 26 heavy (non-hydrogen) atoms. The van der Waals surface area contributed by atoms with Crippen LogP contribution in [0.5, 0.6) is 0 Å². The fourth-order valence-electron chi connectivity index (χ4n) is 3.57. The summed E-state index contributed by atoms with van der Waals surface area (Å²) < 4.78 is 8.56. The Kier molecular flexibility index (Phi) is 4.84. The Labute approximate surface area is 166 Å². The van der Waals surface area contributed by atoms with Gasteiger partial charge >= 0.3 is 0 Å². The van der Waals surface area contributed by atoms with Crippen molar-refractivity contribution in [3.05, 3.63) is 74.5 Å². The molecule has 0 bridgehead atoms. The lowest BCUT2D eigenvalue weighted by molar-refractivity contribution is 0.0714. The van der Waals surface area contributed by atoms with Gasteiger partial charge in [0.05, 0.1) is 25.0 Å². The van der Waals surface area contributed by atoms with E-state index < -0.39 is 0 Å². The van der Waals surface area contributed by atoms with Crippen LogP contribution in [-0.4, -0.2) is 20.6 Å². The average Bonchev–Trinajstić information content (AvgIpc) is 3.36. The van der Waals surface area contributed by atoms with Crippen LogP contribution in [0, 0.1) is 3.57 Å². The number of furan rings is 1. The zero-order valence-corrected chi connectivity index (χ0v) is 16.8. The molecule has 5 nitrogen and oxygen atoms in total. The monoisotopic (exact) mass is 461 g/mol. The van der Waals surface area contributed by atoms with E-state index in [-0.39, 0.29) is 5.91 Å². The summed E-state index contributed by atoms with van der Waals surface area (Å²) in [5.41, 5.74) is 4.31. The third kappa shape index (κ3) is 3.42. The van der Waals surface area contributed by atoms with E-state index in [0.29, 0.717) is 18.7 Å². The Morgan fingerprint density at radius 1 is 1.23 bits per heavy atom. The molecule has 6 heteroatoms. The molecule has 2 aromatic heterocycles. The van der Waals surface area contributed by atoms with Gasteiger partial charge in [-0.2, -0.15) is 5.10 Å². The zero-order chi connectivity index (χ0) is 18.1. The molecule has 1 aliphatic carbocycles. The minimum Gasteiger partial charge on any atom is -0.467 e. The molecule has 0 saturated heterocycles. The summed E-state index contributed by atoms with van der Waals surface area (Å²) in [6, 6.07) is 11.4. The number of aromatic nitrogens is 2. The van der Waals surface area contributed by atoms with Crippen molar-refractivity contribution in [3.63, 3.8) is 0 Å². The summed E-state index contributed by atoms with van der Waals surface area (Å²) in [6.07, 6.45) is 4.92. The van der Waals surface area contributed by atoms with E-state index in [1.165, 1.54) is 11.3 Å². The number of rotatable bonds is 5. The predicted molar refractivity (Wildman–Crippen MR) is 107 cm³/mol. The van der Waals surface area contributed by atoms with Crippen LogP contribution in [0.25, 0.3) is 0 Å². The van der Waals surface area contributed by atoms with Gasteiger partial charge in [0.15, 0.2) is 0 Å².